The van der Waals surface area contributed by atoms with Crippen molar-refractivity contribution in [3.8, 4) is 0 Å². The summed E-state index contributed by atoms with van der Waals surface area (Å²) in [6, 6.07) is 10.4. The summed E-state index contributed by atoms with van der Waals surface area (Å²) in [6.07, 6.45) is 2.63. The van der Waals surface area contributed by atoms with Crippen LogP contribution in [0.15, 0.2) is 36.5 Å². The Hall–Kier alpha value is -3.15. The van der Waals surface area contributed by atoms with E-state index in [0.29, 0.717) is 12.1 Å². The number of H-pyrrole nitrogens is 1. The number of hydrogen-bond acceptors (Lipinski definition) is 3. The van der Waals surface area contributed by atoms with Gasteiger partial charge in [0.1, 0.15) is 0 Å². The zero-order chi connectivity index (χ0) is 20.3. The maximum Gasteiger partial charge on any atom is 0.255 e. The molecule has 4 heterocycles. The average Bonchev–Trinajstić information content (AvgIpc) is 3.29. The largest absolute Gasteiger partial charge is 0.356 e. The molecule has 4 aromatic rings. The Balaban J connectivity index is 1.58. The molecule has 6 heteroatoms. The van der Waals surface area contributed by atoms with Crippen molar-refractivity contribution < 1.29 is 4.79 Å². The number of carbonyl (C=O) groups is 1. The van der Waals surface area contributed by atoms with E-state index in [1.165, 1.54) is 10.9 Å². The molecule has 29 heavy (non-hydrogen) atoms. The minimum absolute atomic E-state index is 0.0117. The number of para-hydroxylation sites is 1. The number of aryl methyl sites for hydroxylation is 1. The molecule has 1 atom stereocenters. The van der Waals surface area contributed by atoms with E-state index in [9.17, 15) is 4.79 Å². The maximum atomic E-state index is 13.6. The zero-order valence-corrected chi connectivity index (χ0v) is 17.2. The van der Waals surface area contributed by atoms with Crippen molar-refractivity contribution in [2.75, 3.05) is 6.54 Å². The monoisotopic (exact) mass is 387 g/mol. The Bertz CT molecular complexity index is 1250. The summed E-state index contributed by atoms with van der Waals surface area (Å²) in [5.41, 5.74) is 5.91. The molecule has 6 nitrogen and oxygen atoms in total. The van der Waals surface area contributed by atoms with Crippen LogP contribution in [0.25, 0.3) is 21.9 Å². The van der Waals surface area contributed by atoms with Gasteiger partial charge in [0.05, 0.1) is 23.2 Å². The van der Waals surface area contributed by atoms with E-state index in [2.05, 4.69) is 54.0 Å². The molecule has 0 spiro atoms. The highest BCUT2D eigenvalue weighted by atomic mass is 16.2. The molecule has 3 aromatic heterocycles. The van der Waals surface area contributed by atoms with Crippen LogP contribution in [0.5, 0.6) is 0 Å². The van der Waals surface area contributed by atoms with Crippen molar-refractivity contribution in [1.29, 1.82) is 0 Å². The number of aromatic amines is 1. The summed E-state index contributed by atoms with van der Waals surface area (Å²) in [7, 11) is 0. The number of amides is 1. The van der Waals surface area contributed by atoms with Gasteiger partial charge < -0.3 is 9.88 Å². The Morgan fingerprint density at radius 1 is 1.24 bits per heavy atom. The summed E-state index contributed by atoms with van der Waals surface area (Å²) < 4.78 is 1.88. The Morgan fingerprint density at radius 2 is 2.03 bits per heavy atom. The molecule has 0 aliphatic carbocycles. The molecule has 1 amide bonds. The molecule has 0 saturated carbocycles. The van der Waals surface area contributed by atoms with Crippen LogP contribution < -0.4 is 0 Å². The van der Waals surface area contributed by atoms with Crippen molar-refractivity contribution >= 4 is 27.8 Å². The van der Waals surface area contributed by atoms with Gasteiger partial charge in [0.15, 0.2) is 5.65 Å². The second kappa shape index (κ2) is 6.44. The predicted octanol–water partition coefficient (Wildman–Crippen LogP) is 4.56. The molecule has 0 saturated heterocycles. The number of aromatic nitrogens is 4. The van der Waals surface area contributed by atoms with Crippen molar-refractivity contribution in [3.63, 3.8) is 0 Å². The first-order valence-corrected chi connectivity index (χ1v) is 10.2. The first-order valence-electron chi connectivity index (χ1n) is 10.2. The van der Waals surface area contributed by atoms with E-state index in [1.807, 2.05) is 28.6 Å². The molecule has 1 N–H and O–H groups in total. The quantitative estimate of drug-likeness (QED) is 0.548. The Kier molecular flexibility index (Phi) is 3.98. The van der Waals surface area contributed by atoms with Gasteiger partial charge in [-0.25, -0.2) is 9.67 Å². The SMILES string of the molecule is Cc1cc(C(=O)N2CCc3c([nH]c4ccccc34)[C@H]2C)c2cnn(C(C)C)c2n1. The predicted molar refractivity (Wildman–Crippen MR) is 114 cm³/mol. The van der Waals surface area contributed by atoms with Gasteiger partial charge >= 0.3 is 0 Å². The van der Waals surface area contributed by atoms with Gasteiger partial charge in [-0.05, 0) is 51.8 Å². The smallest absolute Gasteiger partial charge is 0.255 e. The number of fused-ring (bicyclic) bond motifs is 4. The van der Waals surface area contributed by atoms with E-state index in [1.54, 1.807) is 6.20 Å². The molecule has 5 rings (SSSR count). The standard InChI is InChI=1S/C23H25N5O/c1-13(2)28-22-19(12-24-28)18(11-14(3)25-22)23(29)27-10-9-17-16-7-5-6-8-20(16)26-21(17)15(27)4/h5-8,11-13,15,26H,9-10H2,1-4H3/t15-/m1/s1. The third-order valence-electron chi connectivity index (χ3n) is 6.01. The highest BCUT2D eigenvalue weighted by molar-refractivity contribution is 6.06. The number of benzene rings is 1. The zero-order valence-electron chi connectivity index (χ0n) is 17.2. The van der Waals surface area contributed by atoms with Gasteiger partial charge in [-0.15, -0.1) is 0 Å². The number of pyridine rings is 1. The first-order chi connectivity index (χ1) is 14.0. The van der Waals surface area contributed by atoms with Gasteiger partial charge in [-0.3, -0.25) is 4.79 Å². The summed E-state index contributed by atoms with van der Waals surface area (Å²) in [5.74, 6) is 0.0422. The number of nitrogens with zero attached hydrogens (tertiary/aromatic N) is 4. The maximum absolute atomic E-state index is 13.6. The fourth-order valence-corrected chi connectivity index (χ4v) is 4.56. The highest BCUT2D eigenvalue weighted by Gasteiger charge is 2.32. The number of rotatable bonds is 2. The van der Waals surface area contributed by atoms with Gasteiger partial charge in [-0.1, -0.05) is 18.2 Å². The second-order valence-corrected chi connectivity index (χ2v) is 8.22. The van der Waals surface area contributed by atoms with E-state index in [4.69, 9.17) is 0 Å². The van der Waals surface area contributed by atoms with Gasteiger partial charge in [0.2, 0.25) is 0 Å². The van der Waals surface area contributed by atoms with Crippen molar-refractivity contribution in [3.05, 3.63) is 59.0 Å². The highest BCUT2D eigenvalue weighted by Crippen LogP contribution is 2.35. The summed E-state index contributed by atoms with van der Waals surface area (Å²) in [5, 5.41) is 6.57. The minimum Gasteiger partial charge on any atom is -0.356 e. The van der Waals surface area contributed by atoms with Crippen LogP contribution in [0.4, 0.5) is 0 Å². The third-order valence-corrected chi connectivity index (χ3v) is 6.01. The first kappa shape index (κ1) is 17.9. The Labute approximate surface area is 169 Å². The number of nitrogens with one attached hydrogen (secondary N) is 1. The fraction of sp³-hybridized carbons (Fsp3) is 0.348. The molecule has 148 valence electrons. The third kappa shape index (κ3) is 2.66. The molecule has 1 aliphatic rings. The lowest BCUT2D eigenvalue weighted by molar-refractivity contribution is 0.0676. The van der Waals surface area contributed by atoms with E-state index in [0.717, 1.165) is 34.4 Å². The lowest BCUT2D eigenvalue weighted by atomic mass is 9.97. The van der Waals surface area contributed by atoms with Crippen LogP contribution in [0, 0.1) is 6.92 Å². The van der Waals surface area contributed by atoms with Crippen LogP contribution in [-0.2, 0) is 6.42 Å². The van der Waals surface area contributed by atoms with Crippen LogP contribution >= 0.6 is 0 Å². The minimum atomic E-state index is -0.0117. The molecule has 1 aromatic carbocycles. The summed E-state index contributed by atoms with van der Waals surface area (Å²) >= 11 is 0. The van der Waals surface area contributed by atoms with Crippen molar-refractivity contribution in [1.82, 2.24) is 24.6 Å². The summed E-state index contributed by atoms with van der Waals surface area (Å²) in [6.45, 7) is 8.89. The second-order valence-electron chi connectivity index (χ2n) is 8.22. The Morgan fingerprint density at radius 3 is 2.83 bits per heavy atom. The van der Waals surface area contributed by atoms with E-state index in [-0.39, 0.29) is 18.0 Å². The number of carbonyl (C=O) groups excluding carboxylic acids is 1. The lowest BCUT2D eigenvalue weighted by Crippen LogP contribution is -2.39. The van der Waals surface area contributed by atoms with Gasteiger partial charge in [0.25, 0.3) is 5.91 Å². The van der Waals surface area contributed by atoms with Gasteiger partial charge in [0, 0.05) is 34.9 Å². The summed E-state index contributed by atoms with van der Waals surface area (Å²) in [4.78, 5) is 23.8. The van der Waals surface area contributed by atoms with E-state index >= 15 is 0 Å². The molecule has 0 unspecified atom stereocenters. The fourth-order valence-electron chi connectivity index (χ4n) is 4.56. The van der Waals surface area contributed by atoms with Crippen LogP contribution in [0.3, 0.4) is 0 Å². The molecular formula is C23H25N5O. The van der Waals surface area contributed by atoms with Crippen LogP contribution in [0.2, 0.25) is 0 Å². The molecule has 0 radical (unpaired) electrons. The van der Waals surface area contributed by atoms with Crippen LogP contribution in [0.1, 0.15) is 60.2 Å². The topological polar surface area (TPSA) is 66.8 Å². The van der Waals surface area contributed by atoms with Gasteiger partial charge in [-0.2, -0.15) is 5.10 Å². The van der Waals surface area contributed by atoms with Crippen molar-refractivity contribution in [2.24, 2.45) is 0 Å². The molecule has 1 aliphatic heterocycles. The average molecular weight is 387 g/mol. The molecule has 0 bridgehead atoms. The molecule has 0 fully saturated rings. The molecular weight excluding hydrogens is 362 g/mol. The number of hydrogen-bond donors (Lipinski definition) is 1. The lowest BCUT2D eigenvalue weighted by Gasteiger charge is -2.34. The van der Waals surface area contributed by atoms with Crippen LogP contribution in [-0.4, -0.2) is 37.1 Å². The van der Waals surface area contributed by atoms with Crippen molar-refractivity contribution in [2.45, 2.75) is 46.2 Å². The van der Waals surface area contributed by atoms with E-state index < -0.39 is 0 Å². The normalized spacial score (nSPS) is 16.7.